The Kier molecular flexibility index (Phi) is 3.54. The minimum atomic E-state index is -0.0718. The number of fused-ring (bicyclic) bond motifs is 6. The third-order valence-electron chi connectivity index (χ3n) is 6.78. The maximum Gasteiger partial charge on any atom is 0.259 e. The van der Waals surface area contributed by atoms with Gasteiger partial charge in [0.05, 0.1) is 12.2 Å². The molecule has 6 rings (SSSR count). The maximum atomic E-state index is 14.0. The SMILES string of the molecule is O=c1c2c(n3cnnc3n1Cc1ccccc1)-c1ccccc1CC21CCCC1. The molecule has 2 aliphatic rings. The summed E-state index contributed by atoms with van der Waals surface area (Å²) < 4.78 is 3.85. The van der Waals surface area contributed by atoms with Gasteiger partial charge in [0.2, 0.25) is 5.78 Å². The van der Waals surface area contributed by atoms with Crippen LogP contribution in [0.1, 0.15) is 42.4 Å². The van der Waals surface area contributed by atoms with Crippen LogP contribution in [0.5, 0.6) is 0 Å². The van der Waals surface area contributed by atoms with E-state index in [0.29, 0.717) is 12.3 Å². The van der Waals surface area contributed by atoms with Crippen molar-refractivity contribution in [3.8, 4) is 11.3 Å². The van der Waals surface area contributed by atoms with Crippen LogP contribution in [0.25, 0.3) is 17.0 Å². The molecule has 0 amide bonds. The summed E-state index contributed by atoms with van der Waals surface area (Å²) in [6, 6.07) is 18.6. The summed E-state index contributed by atoms with van der Waals surface area (Å²) in [6.45, 7) is 0.507. The van der Waals surface area contributed by atoms with Crippen molar-refractivity contribution in [1.82, 2.24) is 19.2 Å². The van der Waals surface area contributed by atoms with Gasteiger partial charge >= 0.3 is 0 Å². The summed E-state index contributed by atoms with van der Waals surface area (Å²) in [5, 5.41) is 8.54. The van der Waals surface area contributed by atoms with Crippen molar-refractivity contribution in [3.63, 3.8) is 0 Å². The first-order valence-electron chi connectivity index (χ1n) is 10.4. The van der Waals surface area contributed by atoms with Crippen LogP contribution in [-0.4, -0.2) is 19.2 Å². The van der Waals surface area contributed by atoms with Crippen molar-refractivity contribution in [2.45, 2.75) is 44.1 Å². The molecular weight excluding hydrogens is 360 g/mol. The molecule has 2 aromatic carbocycles. The van der Waals surface area contributed by atoms with E-state index in [0.717, 1.165) is 41.6 Å². The van der Waals surface area contributed by atoms with Crippen molar-refractivity contribution in [1.29, 1.82) is 0 Å². The molecule has 0 atom stereocenters. The maximum absolute atomic E-state index is 14.0. The van der Waals surface area contributed by atoms with Gasteiger partial charge in [-0.1, -0.05) is 67.4 Å². The van der Waals surface area contributed by atoms with E-state index in [1.807, 2.05) is 27.2 Å². The first-order chi connectivity index (χ1) is 14.3. The summed E-state index contributed by atoms with van der Waals surface area (Å²) in [4.78, 5) is 14.0. The van der Waals surface area contributed by atoms with Crippen LogP contribution >= 0.6 is 0 Å². The molecule has 5 nitrogen and oxygen atoms in total. The number of aromatic nitrogens is 4. The number of hydrogen-bond acceptors (Lipinski definition) is 3. The Morgan fingerprint density at radius 3 is 2.55 bits per heavy atom. The predicted molar refractivity (Wildman–Crippen MR) is 112 cm³/mol. The smallest absolute Gasteiger partial charge is 0.259 e. The zero-order chi connectivity index (χ0) is 19.4. The summed E-state index contributed by atoms with van der Waals surface area (Å²) >= 11 is 0. The molecule has 2 heterocycles. The molecule has 2 aromatic heterocycles. The van der Waals surface area contributed by atoms with Crippen molar-refractivity contribution in [3.05, 3.63) is 88.0 Å². The van der Waals surface area contributed by atoms with Crippen LogP contribution in [-0.2, 0) is 18.4 Å². The molecule has 0 unspecified atom stereocenters. The molecule has 1 spiro atoms. The normalized spacial score (nSPS) is 16.8. The van der Waals surface area contributed by atoms with Crippen LogP contribution in [0.4, 0.5) is 0 Å². The van der Waals surface area contributed by atoms with Gasteiger partial charge in [-0.2, -0.15) is 0 Å². The fourth-order valence-electron chi connectivity index (χ4n) is 5.51. The van der Waals surface area contributed by atoms with Gasteiger partial charge in [0.1, 0.15) is 6.33 Å². The van der Waals surface area contributed by atoms with Crippen LogP contribution in [0.3, 0.4) is 0 Å². The standard InChI is InChI=1S/C24H22N4O/c29-22-20-21(19-11-5-4-10-18(19)14-24(20)12-6-7-13-24)28-16-25-26-23(28)27(22)15-17-8-2-1-3-9-17/h1-5,8-11,16H,6-7,12-15H2. The Morgan fingerprint density at radius 2 is 1.72 bits per heavy atom. The van der Waals surface area contributed by atoms with Crippen LogP contribution in [0, 0.1) is 0 Å². The van der Waals surface area contributed by atoms with Crippen molar-refractivity contribution in [2.24, 2.45) is 0 Å². The number of benzene rings is 2. The molecule has 0 N–H and O–H groups in total. The van der Waals surface area contributed by atoms with Gasteiger partial charge in [0, 0.05) is 16.5 Å². The molecule has 4 aromatic rings. The molecule has 5 heteroatoms. The minimum absolute atomic E-state index is 0.0718. The molecule has 1 saturated carbocycles. The summed E-state index contributed by atoms with van der Waals surface area (Å²) in [5.41, 5.74) is 5.57. The molecule has 29 heavy (non-hydrogen) atoms. The Bertz CT molecular complexity index is 1280. The second-order valence-corrected chi connectivity index (χ2v) is 8.42. The molecule has 0 bridgehead atoms. The van der Waals surface area contributed by atoms with Gasteiger partial charge in [-0.05, 0) is 30.4 Å². The molecule has 1 fully saturated rings. The highest BCUT2D eigenvalue weighted by atomic mass is 16.1. The zero-order valence-corrected chi connectivity index (χ0v) is 16.2. The Hall–Kier alpha value is -3.21. The third-order valence-corrected chi connectivity index (χ3v) is 6.78. The predicted octanol–water partition coefficient (Wildman–Crippen LogP) is 3.97. The van der Waals surface area contributed by atoms with Crippen LogP contribution < -0.4 is 5.56 Å². The van der Waals surface area contributed by atoms with Crippen molar-refractivity contribution < 1.29 is 0 Å². The highest BCUT2D eigenvalue weighted by Crippen LogP contribution is 2.50. The minimum Gasteiger partial charge on any atom is -0.272 e. The number of nitrogens with zero attached hydrogens (tertiary/aromatic N) is 4. The van der Waals surface area contributed by atoms with Gasteiger partial charge in [-0.3, -0.25) is 13.8 Å². The number of hydrogen-bond donors (Lipinski definition) is 0. The fourth-order valence-corrected chi connectivity index (χ4v) is 5.51. The lowest BCUT2D eigenvalue weighted by molar-refractivity contribution is 0.422. The number of rotatable bonds is 2. The van der Waals surface area contributed by atoms with E-state index >= 15 is 0 Å². The van der Waals surface area contributed by atoms with Crippen molar-refractivity contribution in [2.75, 3.05) is 0 Å². The van der Waals surface area contributed by atoms with Gasteiger partial charge < -0.3 is 0 Å². The van der Waals surface area contributed by atoms with Gasteiger partial charge in [0.15, 0.2) is 0 Å². The van der Waals surface area contributed by atoms with E-state index in [2.05, 4.69) is 46.6 Å². The Balaban J connectivity index is 1.70. The summed E-state index contributed by atoms with van der Waals surface area (Å²) in [5.74, 6) is 0.613. The quantitative estimate of drug-likeness (QED) is 0.527. The van der Waals surface area contributed by atoms with Gasteiger partial charge in [-0.25, -0.2) is 0 Å². The van der Waals surface area contributed by atoms with E-state index in [4.69, 9.17) is 0 Å². The lowest BCUT2D eigenvalue weighted by Crippen LogP contribution is -2.40. The van der Waals surface area contributed by atoms with E-state index in [9.17, 15) is 4.79 Å². The van der Waals surface area contributed by atoms with Gasteiger partial charge in [0.25, 0.3) is 5.56 Å². The van der Waals surface area contributed by atoms with E-state index in [1.165, 1.54) is 18.4 Å². The monoisotopic (exact) mass is 382 g/mol. The second kappa shape index (κ2) is 6.14. The average molecular weight is 382 g/mol. The zero-order valence-electron chi connectivity index (χ0n) is 16.2. The topological polar surface area (TPSA) is 52.2 Å². The lowest BCUT2D eigenvalue weighted by atomic mass is 9.68. The third kappa shape index (κ3) is 2.36. The Labute approximate surface area is 168 Å². The molecule has 0 saturated heterocycles. The van der Waals surface area contributed by atoms with E-state index in [-0.39, 0.29) is 11.0 Å². The second-order valence-electron chi connectivity index (χ2n) is 8.42. The molecular formula is C24H22N4O. The van der Waals surface area contributed by atoms with Crippen molar-refractivity contribution >= 4 is 5.78 Å². The molecule has 2 aliphatic carbocycles. The highest BCUT2D eigenvalue weighted by molar-refractivity contribution is 5.74. The largest absolute Gasteiger partial charge is 0.272 e. The van der Waals surface area contributed by atoms with E-state index < -0.39 is 0 Å². The first kappa shape index (κ1) is 16.7. The highest BCUT2D eigenvalue weighted by Gasteiger charge is 2.44. The molecule has 144 valence electrons. The molecule has 0 aliphatic heterocycles. The Morgan fingerprint density at radius 1 is 0.966 bits per heavy atom. The molecule has 0 radical (unpaired) electrons. The van der Waals surface area contributed by atoms with Gasteiger partial charge in [-0.15, -0.1) is 10.2 Å². The first-order valence-corrected chi connectivity index (χ1v) is 10.4. The summed E-state index contributed by atoms with van der Waals surface area (Å²) in [7, 11) is 0. The fraction of sp³-hybridized carbons (Fsp3) is 0.292. The average Bonchev–Trinajstić information content (AvgIpc) is 3.41. The lowest BCUT2D eigenvalue weighted by Gasteiger charge is -2.37. The van der Waals surface area contributed by atoms with Crippen LogP contribution in [0.15, 0.2) is 65.7 Å². The summed E-state index contributed by atoms with van der Waals surface area (Å²) in [6.07, 6.45) is 7.22. The van der Waals surface area contributed by atoms with Crippen LogP contribution in [0.2, 0.25) is 0 Å². The van der Waals surface area contributed by atoms with E-state index in [1.54, 1.807) is 6.33 Å².